The van der Waals surface area contributed by atoms with Crippen LogP contribution in [0.5, 0.6) is 5.75 Å². The van der Waals surface area contributed by atoms with Crippen LogP contribution in [0.2, 0.25) is 5.02 Å². The summed E-state index contributed by atoms with van der Waals surface area (Å²) < 4.78 is 18.3. The lowest BCUT2D eigenvalue weighted by molar-refractivity contribution is 0.102. The standard InChI is InChI=1S/C19H16ClFN4O2/c1-11-9-16(17(27-2)10-14(11)20)25-19-22-8-7-15(24-19)18(26)23-13-5-3-12(21)4-6-13/h3-10H,1-2H3,(H,23,26)(H,22,24,25). The number of rotatable bonds is 5. The first-order valence-electron chi connectivity index (χ1n) is 7.97. The fourth-order valence-electron chi connectivity index (χ4n) is 2.32. The maximum atomic E-state index is 13.0. The van der Waals surface area contributed by atoms with E-state index in [1.807, 2.05) is 6.92 Å². The molecule has 3 aromatic rings. The monoisotopic (exact) mass is 386 g/mol. The lowest BCUT2D eigenvalue weighted by Gasteiger charge is -2.12. The van der Waals surface area contributed by atoms with Gasteiger partial charge in [-0.05, 0) is 48.9 Å². The summed E-state index contributed by atoms with van der Waals surface area (Å²) in [4.78, 5) is 20.7. The summed E-state index contributed by atoms with van der Waals surface area (Å²) in [5.74, 6) is -0.0721. The molecule has 0 fully saturated rings. The number of hydrogen-bond acceptors (Lipinski definition) is 5. The number of nitrogens with one attached hydrogen (secondary N) is 2. The van der Waals surface area contributed by atoms with Crippen molar-refractivity contribution in [1.82, 2.24) is 9.97 Å². The van der Waals surface area contributed by atoms with Crippen LogP contribution in [-0.4, -0.2) is 23.0 Å². The quantitative estimate of drug-likeness (QED) is 0.671. The zero-order chi connectivity index (χ0) is 19.4. The van der Waals surface area contributed by atoms with E-state index >= 15 is 0 Å². The third kappa shape index (κ3) is 4.51. The summed E-state index contributed by atoms with van der Waals surface area (Å²) in [6.07, 6.45) is 1.46. The number of aryl methyl sites for hydroxylation is 1. The second-order valence-corrected chi connectivity index (χ2v) is 6.06. The highest BCUT2D eigenvalue weighted by Crippen LogP contribution is 2.32. The summed E-state index contributed by atoms with van der Waals surface area (Å²) in [6, 6.07) is 10.4. The predicted molar refractivity (Wildman–Crippen MR) is 102 cm³/mol. The van der Waals surface area contributed by atoms with E-state index in [0.717, 1.165) is 5.56 Å². The van der Waals surface area contributed by atoms with Crippen LogP contribution >= 0.6 is 11.6 Å². The SMILES string of the molecule is COc1cc(Cl)c(C)cc1Nc1nccc(C(=O)Nc2ccc(F)cc2)n1. The molecule has 2 aromatic carbocycles. The molecule has 0 unspecified atom stereocenters. The van der Waals surface area contributed by atoms with Gasteiger partial charge in [0.1, 0.15) is 17.3 Å². The molecule has 0 aliphatic carbocycles. The van der Waals surface area contributed by atoms with Crippen LogP contribution in [0.3, 0.4) is 0 Å². The van der Waals surface area contributed by atoms with Crippen molar-refractivity contribution >= 4 is 34.8 Å². The van der Waals surface area contributed by atoms with Crippen LogP contribution in [-0.2, 0) is 0 Å². The number of nitrogens with zero attached hydrogens (tertiary/aromatic N) is 2. The van der Waals surface area contributed by atoms with E-state index in [1.165, 1.54) is 43.6 Å². The Kier molecular flexibility index (Phi) is 5.52. The Bertz CT molecular complexity index is 980. The molecule has 0 atom stereocenters. The van der Waals surface area contributed by atoms with Crippen molar-refractivity contribution in [1.29, 1.82) is 0 Å². The number of carbonyl (C=O) groups excluding carboxylic acids is 1. The zero-order valence-corrected chi connectivity index (χ0v) is 15.3. The Morgan fingerprint density at radius 1 is 1.19 bits per heavy atom. The van der Waals surface area contributed by atoms with E-state index in [0.29, 0.717) is 22.1 Å². The molecule has 6 nitrogen and oxygen atoms in total. The second-order valence-electron chi connectivity index (χ2n) is 5.65. The third-order valence-electron chi connectivity index (χ3n) is 3.72. The van der Waals surface area contributed by atoms with Gasteiger partial charge in [0, 0.05) is 23.0 Å². The van der Waals surface area contributed by atoms with Crippen molar-refractivity contribution in [2.24, 2.45) is 0 Å². The summed E-state index contributed by atoms with van der Waals surface area (Å²) in [5, 5.41) is 6.25. The Hall–Kier alpha value is -3.19. The fourth-order valence-corrected chi connectivity index (χ4v) is 2.48. The Labute approximate surface area is 160 Å². The highest BCUT2D eigenvalue weighted by atomic mass is 35.5. The van der Waals surface area contributed by atoms with E-state index in [2.05, 4.69) is 20.6 Å². The lowest BCUT2D eigenvalue weighted by Crippen LogP contribution is -2.14. The van der Waals surface area contributed by atoms with Gasteiger partial charge in [-0.1, -0.05) is 11.6 Å². The van der Waals surface area contributed by atoms with Gasteiger partial charge in [0.15, 0.2) is 0 Å². The molecule has 0 aliphatic rings. The maximum Gasteiger partial charge on any atom is 0.274 e. The Morgan fingerprint density at radius 3 is 2.63 bits per heavy atom. The number of carbonyl (C=O) groups is 1. The van der Waals surface area contributed by atoms with E-state index in [1.54, 1.807) is 12.1 Å². The molecule has 8 heteroatoms. The molecule has 3 rings (SSSR count). The number of amides is 1. The van der Waals surface area contributed by atoms with Crippen molar-refractivity contribution in [3.05, 3.63) is 70.8 Å². The zero-order valence-electron chi connectivity index (χ0n) is 14.6. The highest BCUT2D eigenvalue weighted by Gasteiger charge is 2.12. The topological polar surface area (TPSA) is 76.1 Å². The third-order valence-corrected chi connectivity index (χ3v) is 4.12. The summed E-state index contributed by atoms with van der Waals surface area (Å²) in [5.41, 5.74) is 2.09. The molecule has 27 heavy (non-hydrogen) atoms. The summed E-state index contributed by atoms with van der Waals surface area (Å²) >= 11 is 6.11. The average Bonchev–Trinajstić information content (AvgIpc) is 2.66. The Morgan fingerprint density at radius 2 is 1.93 bits per heavy atom. The number of anilines is 3. The first-order chi connectivity index (χ1) is 13.0. The van der Waals surface area contributed by atoms with Gasteiger partial charge >= 0.3 is 0 Å². The van der Waals surface area contributed by atoms with Crippen LogP contribution in [0.1, 0.15) is 16.1 Å². The minimum Gasteiger partial charge on any atom is -0.495 e. The molecule has 2 N–H and O–H groups in total. The molecule has 1 heterocycles. The Balaban J connectivity index is 1.80. The minimum atomic E-state index is -0.439. The maximum absolute atomic E-state index is 13.0. The van der Waals surface area contributed by atoms with Crippen LogP contribution in [0.15, 0.2) is 48.7 Å². The molecular formula is C19H16ClFN4O2. The molecule has 0 bridgehead atoms. The second kappa shape index (κ2) is 8.01. The molecule has 0 saturated carbocycles. The normalized spacial score (nSPS) is 10.4. The number of hydrogen-bond donors (Lipinski definition) is 2. The molecule has 1 aromatic heterocycles. The summed E-state index contributed by atoms with van der Waals surface area (Å²) in [7, 11) is 1.53. The number of methoxy groups -OCH3 is 1. The molecule has 0 radical (unpaired) electrons. The first kappa shape index (κ1) is 18.6. The molecule has 0 spiro atoms. The molecular weight excluding hydrogens is 371 g/mol. The van der Waals surface area contributed by atoms with Gasteiger partial charge in [0.05, 0.1) is 12.8 Å². The molecule has 1 amide bonds. The molecule has 138 valence electrons. The van der Waals surface area contributed by atoms with E-state index in [9.17, 15) is 9.18 Å². The summed E-state index contributed by atoms with van der Waals surface area (Å²) in [6.45, 7) is 1.86. The van der Waals surface area contributed by atoms with Crippen molar-refractivity contribution in [2.45, 2.75) is 6.92 Å². The van der Waals surface area contributed by atoms with Crippen LogP contribution in [0, 0.1) is 12.7 Å². The first-order valence-corrected chi connectivity index (χ1v) is 8.35. The van der Waals surface area contributed by atoms with E-state index in [4.69, 9.17) is 16.3 Å². The average molecular weight is 387 g/mol. The van der Waals surface area contributed by atoms with E-state index in [-0.39, 0.29) is 17.5 Å². The fraction of sp³-hybridized carbons (Fsp3) is 0.105. The van der Waals surface area contributed by atoms with E-state index < -0.39 is 5.91 Å². The molecule has 0 saturated heterocycles. The van der Waals surface area contributed by atoms with Gasteiger partial charge in [-0.2, -0.15) is 0 Å². The largest absolute Gasteiger partial charge is 0.495 e. The van der Waals surface area contributed by atoms with Gasteiger partial charge in [-0.3, -0.25) is 4.79 Å². The number of benzene rings is 2. The minimum absolute atomic E-state index is 0.154. The van der Waals surface area contributed by atoms with Crippen molar-refractivity contribution in [2.75, 3.05) is 17.7 Å². The van der Waals surface area contributed by atoms with Crippen LogP contribution in [0.25, 0.3) is 0 Å². The van der Waals surface area contributed by atoms with Crippen molar-refractivity contribution in [3.63, 3.8) is 0 Å². The van der Waals surface area contributed by atoms with Gasteiger partial charge in [0.25, 0.3) is 5.91 Å². The van der Waals surface area contributed by atoms with Gasteiger partial charge < -0.3 is 15.4 Å². The lowest BCUT2D eigenvalue weighted by atomic mass is 10.2. The van der Waals surface area contributed by atoms with Crippen molar-refractivity contribution in [3.8, 4) is 5.75 Å². The molecule has 0 aliphatic heterocycles. The number of halogens is 2. The number of aromatic nitrogens is 2. The van der Waals surface area contributed by atoms with Gasteiger partial charge in [0.2, 0.25) is 5.95 Å². The van der Waals surface area contributed by atoms with Gasteiger partial charge in [-0.15, -0.1) is 0 Å². The van der Waals surface area contributed by atoms with Crippen molar-refractivity contribution < 1.29 is 13.9 Å². The predicted octanol–water partition coefficient (Wildman–Crippen LogP) is 4.58. The van der Waals surface area contributed by atoms with Crippen LogP contribution < -0.4 is 15.4 Å². The highest BCUT2D eigenvalue weighted by molar-refractivity contribution is 6.31. The van der Waals surface area contributed by atoms with Crippen LogP contribution in [0.4, 0.5) is 21.7 Å². The number of ether oxygens (including phenoxy) is 1. The van der Waals surface area contributed by atoms with Gasteiger partial charge in [-0.25, -0.2) is 14.4 Å². The smallest absolute Gasteiger partial charge is 0.274 e.